The van der Waals surface area contributed by atoms with Gasteiger partial charge >= 0.3 is 5.97 Å². The van der Waals surface area contributed by atoms with Crippen LogP contribution in [0.5, 0.6) is 0 Å². The van der Waals surface area contributed by atoms with Crippen molar-refractivity contribution in [3.8, 4) is 17.2 Å². The number of sulfonamides is 1. The van der Waals surface area contributed by atoms with Crippen molar-refractivity contribution in [2.75, 3.05) is 7.05 Å². The van der Waals surface area contributed by atoms with E-state index in [1.807, 2.05) is 42.5 Å². The van der Waals surface area contributed by atoms with Gasteiger partial charge in [0.2, 0.25) is 10.0 Å². The lowest BCUT2D eigenvalue weighted by Gasteiger charge is -2.08. The Kier molecular flexibility index (Phi) is 6.07. The van der Waals surface area contributed by atoms with Crippen molar-refractivity contribution in [1.82, 2.24) is 4.72 Å². The molecule has 1 N–H and O–H groups in total. The number of nitrogens with one attached hydrogen (secondary N) is 1. The van der Waals surface area contributed by atoms with E-state index < -0.39 is 16.0 Å². The van der Waals surface area contributed by atoms with Gasteiger partial charge in [-0.2, -0.15) is 5.26 Å². The first-order chi connectivity index (χ1) is 13.9. The molecule has 0 aromatic heterocycles. The predicted octanol–water partition coefficient (Wildman–Crippen LogP) is 3.49. The Bertz CT molecular complexity index is 1180. The van der Waals surface area contributed by atoms with Gasteiger partial charge in [-0.15, -0.1) is 0 Å². The fourth-order valence-electron chi connectivity index (χ4n) is 2.75. The molecule has 0 unspecified atom stereocenters. The number of carbonyl (C=O) groups excluding carboxylic acids is 1. The lowest BCUT2D eigenvalue weighted by atomic mass is 9.99. The molecular formula is C22H18N2O4S. The molecule has 3 aromatic rings. The molecular weight excluding hydrogens is 388 g/mol. The minimum atomic E-state index is -3.64. The zero-order valence-corrected chi connectivity index (χ0v) is 16.4. The second kappa shape index (κ2) is 8.69. The van der Waals surface area contributed by atoms with E-state index >= 15 is 0 Å². The van der Waals surface area contributed by atoms with Crippen LogP contribution in [0.4, 0.5) is 0 Å². The molecule has 3 aromatic carbocycles. The Morgan fingerprint density at radius 2 is 1.76 bits per heavy atom. The zero-order chi connectivity index (χ0) is 20.9. The number of nitriles is 1. The fourth-order valence-corrected chi connectivity index (χ4v) is 3.53. The highest BCUT2D eigenvalue weighted by Crippen LogP contribution is 2.23. The van der Waals surface area contributed by atoms with Crippen molar-refractivity contribution >= 4 is 16.0 Å². The minimum Gasteiger partial charge on any atom is -0.457 e. The smallest absolute Gasteiger partial charge is 0.338 e. The number of hydrogen-bond donors (Lipinski definition) is 1. The normalized spacial score (nSPS) is 10.9. The van der Waals surface area contributed by atoms with E-state index in [1.54, 1.807) is 6.07 Å². The van der Waals surface area contributed by atoms with Gasteiger partial charge in [0.05, 0.1) is 22.1 Å². The van der Waals surface area contributed by atoms with E-state index in [0.29, 0.717) is 5.56 Å². The summed E-state index contributed by atoms with van der Waals surface area (Å²) in [5, 5.41) is 9.22. The van der Waals surface area contributed by atoms with Crippen LogP contribution in [0.1, 0.15) is 21.5 Å². The number of carbonyl (C=O) groups is 1. The standard InChI is InChI=1S/C22H18N2O4S/c1-24-29(26,27)20-7-4-6-18(13-20)22(25)28-15-16-9-11-17(12-10-16)21-8-3-2-5-19(21)14-23/h2-13,24H,15H2,1H3. The largest absolute Gasteiger partial charge is 0.457 e. The average Bonchev–Trinajstić information content (AvgIpc) is 2.77. The summed E-state index contributed by atoms with van der Waals surface area (Å²) in [6.07, 6.45) is 0. The molecule has 0 amide bonds. The molecule has 7 heteroatoms. The maximum Gasteiger partial charge on any atom is 0.338 e. The van der Waals surface area contributed by atoms with Gasteiger partial charge in [0.25, 0.3) is 0 Å². The monoisotopic (exact) mass is 406 g/mol. The predicted molar refractivity (Wildman–Crippen MR) is 108 cm³/mol. The highest BCUT2D eigenvalue weighted by molar-refractivity contribution is 7.89. The Hall–Kier alpha value is -3.47. The van der Waals surface area contributed by atoms with Crippen molar-refractivity contribution in [3.05, 3.63) is 89.5 Å². The highest BCUT2D eigenvalue weighted by atomic mass is 32.2. The third-order valence-corrected chi connectivity index (χ3v) is 5.74. The zero-order valence-electron chi connectivity index (χ0n) is 15.6. The second-order valence-electron chi connectivity index (χ2n) is 6.17. The number of rotatable bonds is 6. The molecule has 3 rings (SSSR count). The molecule has 0 aliphatic carbocycles. The van der Waals surface area contributed by atoms with E-state index in [2.05, 4.69) is 10.8 Å². The summed E-state index contributed by atoms with van der Waals surface area (Å²) in [4.78, 5) is 12.3. The summed E-state index contributed by atoms with van der Waals surface area (Å²) < 4.78 is 31.2. The lowest BCUT2D eigenvalue weighted by Crippen LogP contribution is -2.19. The number of esters is 1. The molecule has 0 aliphatic rings. The Balaban J connectivity index is 1.70. The Labute approximate surface area is 169 Å². The fraction of sp³-hybridized carbons (Fsp3) is 0.0909. The van der Waals surface area contributed by atoms with Crippen LogP contribution in [-0.2, 0) is 21.4 Å². The summed E-state index contributed by atoms with van der Waals surface area (Å²) in [7, 11) is -2.33. The van der Waals surface area contributed by atoms with Crippen molar-refractivity contribution in [2.24, 2.45) is 0 Å². The molecule has 146 valence electrons. The number of hydrogen-bond acceptors (Lipinski definition) is 5. The van der Waals surface area contributed by atoms with Gasteiger partial charge in [-0.1, -0.05) is 48.5 Å². The van der Waals surface area contributed by atoms with E-state index in [0.717, 1.165) is 16.7 Å². The van der Waals surface area contributed by atoms with Crippen LogP contribution in [0.25, 0.3) is 11.1 Å². The van der Waals surface area contributed by atoms with E-state index in [-0.39, 0.29) is 17.1 Å². The highest BCUT2D eigenvalue weighted by Gasteiger charge is 2.15. The first-order valence-corrected chi connectivity index (χ1v) is 10.2. The van der Waals surface area contributed by atoms with E-state index in [1.165, 1.54) is 31.3 Å². The number of nitrogens with zero attached hydrogens (tertiary/aromatic N) is 1. The average molecular weight is 406 g/mol. The molecule has 0 heterocycles. The lowest BCUT2D eigenvalue weighted by molar-refractivity contribution is 0.0472. The van der Waals surface area contributed by atoms with Gasteiger partial charge in [0, 0.05) is 0 Å². The van der Waals surface area contributed by atoms with Gasteiger partial charge in [-0.3, -0.25) is 0 Å². The van der Waals surface area contributed by atoms with Gasteiger partial charge in [-0.25, -0.2) is 17.9 Å². The van der Waals surface area contributed by atoms with Crippen molar-refractivity contribution in [3.63, 3.8) is 0 Å². The van der Waals surface area contributed by atoms with Gasteiger partial charge in [-0.05, 0) is 48.0 Å². The topological polar surface area (TPSA) is 96.3 Å². The van der Waals surface area contributed by atoms with Gasteiger partial charge in [0.1, 0.15) is 6.61 Å². The van der Waals surface area contributed by atoms with Crippen LogP contribution in [0.2, 0.25) is 0 Å². The third kappa shape index (κ3) is 4.69. The molecule has 0 saturated heterocycles. The van der Waals surface area contributed by atoms with E-state index in [4.69, 9.17) is 4.74 Å². The molecule has 29 heavy (non-hydrogen) atoms. The summed E-state index contributed by atoms with van der Waals surface area (Å²) in [5.74, 6) is -0.614. The molecule has 0 bridgehead atoms. The Morgan fingerprint density at radius 1 is 1.03 bits per heavy atom. The number of ether oxygens (including phenoxy) is 1. The minimum absolute atomic E-state index is 0.00467. The molecule has 0 aliphatic heterocycles. The Morgan fingerprint density at radius 3 is 2.45 bits per heavy atom. The van der Waals surface area contributed by atoms with Gasteiger partial charge in [0.15, 0.2) is 0 Å². The van der Waals surface area contributed by atoms with Crippen molar-refractivity contribution in [1.29, 1.82) is 5.26 Å². The van der Waals surface area contributed by atoms with Crippen LogP contribution in [-0.4, -0.2) is 21.4 Å². The molecule has 0 fully saturated rings. The molecule has 0 saturated carbocycles. The third-order valence-electron chi connectivity index (χ3n) is 4.33. The van der Waals surface area contributed by atoms with Crippen molar-refractivity contribution < 1.29 is 17.9 Å². The van der Waals surface area contributed by atoms with Crippen LogP contribution in [0.15, 0.2) is 77.7 Å². The molecule has 6 nitrogen and oxygen atoms in total. The molecule has 0 spiro atoms. The van der Waals surface area contributed by atoms with Gasteiger partial charge < -0.3 is 4.74 Å². The van der Waals surface area contributed by atoms with E-state index in [9.17, 15) is 18.5 Å². The summed E-state index contributed by atoms with van der Waals surface area (Å²) in [5.41, 5.74) is 3.24. The summed E-state index contributed by atoms with van der Waals surface area (Å²) in [6, 6.07) is 22.5. The van der Waals surface area contributed by atoms with Crippen LogP contribution < -0.4 is 4.72 Å². The summed E-state index contributed by atoms with van der Waals surface area (Å²) in [6.45, 7) is 0.0437. The molecule has 0 atom stereocenters. The van der Waals surface area contributed by atoms with Crippen LogP contribution in [0.3, 0.4) is 0 Å². The molecule has 0 radical (unpaired) electrons. The quantitative estimate of drug-likeness (QED) is 0.632. The maximum absolute atomic E-state index is 12.3. The summed E-state index contributed by atoms with van der Waals surface area (Å²) >= 11 is 0. The SMILES string of the molecule is CNS(=O)(=O)c1cccc(C(=O)OCc2ccc(-c3ccccc3C#N)cc2)c1. The number of benzene rings is 3. The van der Waals surface area contributed by atoms with Crippen LogP contribution in [0, 0.1) is 11.3 Å². The van der Waals surface area contributed by atoms with Crippen molar-refractivity contribution in [2.45, 2.75) is 11.5 Å². The first-order valence-electron chi connectivity index (χ1n) is 8.74. The second-order valence-corrected chi connectivity index (χ2v) is 8.05. The van der Waals surface area contributed by atoms with Crippen LogP contribution >= 0.6 is 0 Å². The maximum atomic E-state index is 12.3. The first kappa shape index (κ1) is 20.3.